The smallest absolute Gasteiger partial charge is 0.240 e. The molecule has 0 unspecified atom stereocenters. The van der Waals surface area contributed by atoms with Crippen molar-refractivity contribution < 1.29 is 9.59 Å². The average Bonchev–Trinajstić information content (AvgIpc) is 3.84. The van der Waals surface area contributed by atoms with Gasteiger partial charge in [-0.3, -0.25) is 14.5 Å². The molecule has 2 aromatic carbocycles. The van der Waals surface area contributed by atoms with Crippen molar-refractivity contribution in [1.82, 2.24) is 35.1 Å². The van der Waals surface area contributed by atoms with Crippen LogP contribution in [0.5, 0.6) is 0 Å². The van der Waals surface area contributed by atoms with E-state index >= 15 is 0 Å². The van der Waals surface area contributed by atoms with Gasteiger partial charge in [-0.25, -0.2) is 9.97 Å². The number of nitrogens with two attached hydrogens (primary N) is 1. The third-order valence-electron chi connectivity index (χ3n) is 9.01. The normalized spacial score (nSPS) is 16.6. The maximum absolute atomic E-state index is 13.0. The number of carbonyl (C=O) groups excluding carboxylic acids is 2. The number of amides is 2. The topological polar surface area (TPSA) is 136 Å². The second-order valence-electron chi connectivity index (χ2n) is 13.6. The number of aromatic nitrogens is 4. The summed E-state index contributed by atoms with van der Waals surface area (Å²) in [6.07, 6.45) is 5.43. The summed E-state index contributed by atoms with van der Waals surface area (Å²) in [5.41, 5.74) is 11.8. The van der Waals surface area contributed by atoms with Crippen molar-refractivity contribution in [1.29, 1.82) is 0 Å². The lowest BCUT2D eigenvalue weighted by atomic mass is 10.0. The van der Waals surface area contributed by atoms with E-state index in [1.54, 1.807) is 6.20 Å². The first-order chi connectivity index (χ1) is 22.9. The number of imidazole rings is 2. The lowest BCUT2D eigenvalue weighted by Gasteiger charge is -2.27. The van der Waals surface area contributed by atoms with Gasteiger partial charge in [0, 0.05) is 17.7 Å². The minimum atomic E-state index is -0.502. The molecule has 1 aliphatic rings. The summed E-state index contributed by atoms with van der Waals surface area (Å²) in [6.45, 7) is 10.7. The number of likely N-dealkylation sites (N-methyl/N-ethyl adjacent to an activating group) is 1. The van der Waals surface area contributed by atoms with E-state index in [4.69, 9.17) is 5.73 Å². The van der Waals surface area contributed by atoms with Crippen LogP contribution in [0.15, 0.2) is 60.9 Å². The van der Waals surface area contributed by atoms with Crippen LogP contribution in [0.25, 0.3) is 22.5 Å². The van der Waals surface area contributed by atoms with Gasteiger partial charge in [0.1, 0.15) is 11.6 Å². The predicted molar refractivity (Wildman–Crippen MR) is 189 cm³/mol. The molecule has 0 saturated carbocycles. The quantitative estimate of drug-likeness (QED) is 0.173. The summed E-state index contributed by atoms with van der Waals surface area (Å²) in [5.74, 6) is 8.27. The molecule has 252 valence electrons. The van der Waals surface area contributed by atoms with Gasteiger partial charge in [0.25, 0.3) is 0 Å². The van der Waals surface area contributed by atoms with E-state index in [0.717, 1.165) is 52.3 Å². The van der Waals surface area contributed by atoms with Crippen LogP contribution in [0.3, 0.4) is 0 Å². The highest BCUT2D eigenvalue weighted by molar-refractivity contribution is 5.83. The molecule has 2 amide bonds. The Morgan fingerprint density at radius 2 is 1.44 bits per heavy atom. The monoisotopic (exact) mass is 648 g/mol. The molecule has 5 rings (SSSR count). The maximum atomic E-state index is 13.0. The van der Waals surface area contributed by atoms with Crippen LogP contribution in [0.1, 0.15) is 82.3 Å². The SMILES string of the molecule is CC(C)[C@H](N)C(=O)N1CCC[C@H]1c1ncc(-c2ccc(C#Cc3ccc(-c4cnc([C@H](C)NC(=O)[C@@H](C(C)C)N(C)C)[nH]4)cc3)cc2)[nH]1. The first-order valence-electron chi connectivity index (χ1n) is 16.8. The van der Waals surface area contributed by atoms with Gasteiger partial charge >= 0.3 is 0 Å². The fourth-order valence-corrected chi connectivity index (χ4v) is 6.26. The number of nitrogens with zero attached hydrogens (tertiary/aromatic N) is 4. The fourth-order valence-electron chi connectivity index (χ4n) is 6.26. The Balaban J connectivity index is 1.19. The highest BCUT2D eigenvalue weighted by atomic mass is 16.2. The number of rotatable bonds is 10. The number of carbonyl (C=O) groups is 2. The van der Waals surface area contributed by atoms with E-state index in [1.165, 1.54) is 0 Å². The van der Waals surface area contributed by atoms with E-state index in [0.29, 0.717) is 12.4 Å². The molecule has 0 spiro atoms. The molecule has 48 heavy (non-hydrogen) atoms. The van der Waals surface area contributed by atoms with Crippen LogP contribution in [-0.4, -0.2) is 74.3 Å². The molecule has 0 bridgehead atoms. The van der Waals surface area contributed by atoms with E-state index in [2.05, 4.69) is 37.1 Å². The number of hydrogen-bond acceptors (Lipinski definition) is 6. The average molecular weight is 649 g/mol. The van der Waals surface area contributed by atoms with Gasteiger partial charge in [0.2, 0.25) is 11.8 Å². The van der Waals surface area contributed by atoms with Gasteiger partial charge in [0.05, 0.1) is 47.9 Å². The van der Waals surface area contributed by atoms with Crippen molar-refractivity contribution in [2.75, 3.05) is 20.6 Å². The lowest BCUT2D eigenvalue weighted by Crippen LogP contribution is -2.47. The van der Waals surface area contributed by atoms with Crippen molar-refractivity contribution in [3.8, 4) is 34.4 Å². The zero-order chi connectivity index (χ0) is 34.5. The molecule has 5 N–H and O–H groups in total. The minimum absolute atomic E-state index is 0.00847. The van der Waals surface area contributed by atoms with Crippen LogP contribution >= 0.6 is 0 Å². The summed E-state index contributed by atoms with van der Waals surface area (Å²) >= 11 is 0. The van der Waals surface area contributed by atoms with Crippen molar-refractivity contribution in [3.63, 3.8) is 0 Å². The van der Waals surface area contributed by atoms with Crippen LogP contribution in [0.4, 0.5) is 0 Å². The number of H-pyrrole nitrogens is 2. The third-order valence-corrected chi connectivity index (χ3v) is 9.01. The molecule has 0 aliphatic carbocycles. The van der Waals surface area contributed by atoms with Gasteiger partial charge in [0.15, 0.2) is 0 Å². The molecular formula is C38H48N8O2. The Hall–Kier alpha value is -4.72. The van der Waals surface area contributed by atoms with E-state index in [-0.39, 0.29) is 41.8 Å². The molecule has 0 radical (unpaired) electrons. The minimum Gasteiger partial charge on any atom is -0.345 e. The number of aromatic amines is 2. The van der Waals surface area contributed by atoms with Crippen molar-refractivity contribution in [3.05, 3.63) is 83.7 Å². The Bertz CT molecular complexity index is 1750. The standard InChI is InChI=1S/C38H48N8O2/c1-23(2)33(39)38(48)46-20-8-9-32(46)36-41-22-31(44-36)29-18-14-27(15-19-29)11-10-26-12-16-28(17-13-26)30-21-40-35(43-30)25(5)42-37(47)34(24(3)4)45(6)7/h12-19,21-25,32-34H,8-9,20,39H2,1-7H3,(H,40,43)(H,41,44)(H,42,47)/t25-,32-,33-,34+/m0/s1. The summed E-state index contributed by atoms with van der Waals surface area (Å²) < 4.78 is 0. The second kappa shape index (κ2) is 15.0. The largest absolute Gasteiger partial charge is 0.345 e. The lowest BCUT2D eigenvalue weighted by molar-refractivity contribution is -0.134. The summed E-state index contributed by atoms with van der Waals surface area (Å²) in [4.78, 5) is 45.6. The molecule has 4 aromatic rings. The Morgan fingerprint density at radius 1 is 0.875 bits per heavy atom. The first kappa shape index (κ1) is 34.6. The molecule has 10 heteroatoms. The fraction of sp³-hybridized carbons (Fsp3) is 0.421. The van der Waals surface area contributed by atoms with Gasteiger partial charge in [-0.15, -0.1) is 0 Å². The van der Waals surface area contributed by atoms with Crippen LogP contribution in [0, 0.1) is 23.7 Å². The van der Waals surface area contributed by atoms with Crippen LogP contribution < -0.4 is 11.1 Å². The molecule has 3 heterocycles. The van der Waals surface area contributed by atoms with Crippen LogP contribution in [-0.2, 0) is 9.59 Å². The van der Waals surface area contributed by atoms with Gasteiger partial charge < -0.3 is 25.9 Å². The van der Waals surface area contributed by atoms with E-state index < -0.39 is 6.04 Å². The predicted octanol–water partition coefficient (Wildman–Crippen LogP) is 5.28. The van der Waals surface area contributed by atoms with Crippen molar-refractivity contribution >= 4 is 11.8 Å². The van der Waals surface area contributed by atoms with Gasteiger partial charge in [-0.2, -0.15) is 0 Å². The molecule has 1 aliphatic heterocycles. The second-order valence-corrected chi connectivity index (χ2v) is 13.6. The molecule has 1 fully saturated rings. The Labute approximate surface area is 283 Å². The van der Waals surface area contributed by atoms with Crippen molar-refractivity contribution in [2.45, 2.75) is 71.6 Å². The highest BCUT2D eigenvalue weighted by Gasteiger charge is 2.35. The summed E-state index contributed by atoms with van der Waals surface area (Å²) in [6, 6.07) is 15.0. The zero-order valence-electron chi connectivity index (χ0n) is 29.0. The van der Waals surface area contributed by atoms with Gasteiger partial charge in [-0.05, 0) is 81.1 Å². The highest BCUT2D eigenvalue weighted by Crippen LogP contribution is 2.32. The summed E-state index contributed by atoms with van der Waals surface area (Å²) in [7, 11) is 3.84. The van der Waals surface area contributed by atoms with Crippen LogP contribution in [0.2, 0.25) is 0 Å². The Morgan fingerprint density at radius 3 is 1.98 bits per heavy atom. The summed E-state index contributed by atoms with van der Waals surface area (Å²) in [5, 5.41) is 3.09. The third kappa shape index (κ3) is 7.87. The number of likely N-dealkylation sites (tertiary alicyclic amines) is 1. The van der Waals surface area contributed by atoms with E-state index in [9.17, 15) is 9.59 Å². The molecular weight excluding hydrogens is 600 g/mol. The molecule has 1 saturated heterocycles. The molecule has 2 aromatic heterocycles. The number of nitrogens with one attached hydrogen (secondary N) is 3. The Kier molecular flexibility index (Phi) is 10.8. The number of hydrogen-bond donors (Lipinski definition) is 4. The number of benzene rings is 2. The molecule has 4 atom stereocenters. The first-order valence-corrected chi connectivity index (χ1v) is 16.8. The van der Waals surface area contributed by atoms with Crippen molar-refractivity contribution in [2.24, 2.45) is 17.6 Å². The van der Waals surface area contributed by atoms with E-state index in [1.807, 2.05) is 113 Å². The maximum Gasteiger partial charge on any atom is 0.240 e. The van der Waals surface area contributed by atoms with Gasteiger partial charge in [-0.1, -0.05) is 63.8 Å². The zero-order valence-corrected chi connectivity index (χ0v) is 29.0. The molecule has 10 nitrogen and oxygen atoms in total.